The first-order chi connectivity index (χ1) is 11.6. The second kappa shape index (κ2) is 10.8. The number of nitrogens with one attached hydrogen (secondary N) is 1. The summed E-state index contributed by atoms with van der Waals surface area (Å²) >= 11 is 0. The van der Waals surface area contributed by atoms with Crippen LogP contribution >= 0.6 is 12.4 Å². The van der Waals surface area contributed by atoms with E-state index in [1.54, 1.807) is 0 Å². The monoisotopic (exact) mass is 368 g/mol. The molecule has 2 unspecified atom stereocenters. The number of benzene rings is 1. The van der Waals surface area contributed by atoms with Gasteiger partial charge in [0.15, 0.2) is 0 Å². The summed E-state index contributed by atoms with van der Waals surface area (Å²) < 4.78 is 6.15. The fourth-order valence-electron chi connectivity index (χ4n) is 3.42. The number of carbonyl (C=O) groups excluding carboxylic acids is 1. The number of carbonyl (C=O) groups is 1. The molecule has 2 atom stereocenters. The predicted octanol–water partition coefficient (Wildman–Crippen LogP) is 3.99. The summed E-state index contributed by atoms with van der Waals surface area (Å²) in [6.45, 7) is 5.37. The van der Waals surface area contributed by atoms with Crippen molar-refractivity contribution in [2.24, 2.45) is 11.7 Å². The van der Waals surface area contributed by atoms with Gasteiger partial charge in [-0.25, -0.2) is 0 Å². The summed E-state index contributed by atoms with van der Waals surface area (Å²) in [6, 6.07) is 9.53. The Kier molecular flexibility index (Phi) is 9.47. The molecule has 1 aliphatic rings. The van der Waals surface area contributed by atoms with Gasteiger partial charge in [-0.05, 0) is 24.8 Å². The van der Waals surface area contributed by atoms with Gasteiger partial charge in [0.1, 0.15) is 0 Å². The lowest BCUT2D eigenvalue weighted by atomic mass is 9.84. The van der Waals surface area contributed by atoms with Crippen molar-refractivity contribution in [3.05, 3.63) is 35.9 Å². The van der Waals surface area contributed by atoms with Crippen LogP contribution in [0, 0.1) is 5.92 Å². The van der Waals surface area contributed by atoms with Gasteiger partial charge >= 0.3 is 0 Å². The second-order valence-corrected chi connectivity index (χ2v) is 7.04. The Hall–Kier alpha value is -1.10. The molecule has 0 aromatic heterocycles. The molecule has 25 heavy (non-hydrogen) atoms. The van der Waals surface area contributed by atoms with Gasteiger partial charge in [0, 0.05) is 19.2 Å². The first-order valence-electron chi connectivity index (χ1n) is 9.30. The van der Waals surface area contributed by atoms with Crippen LogP contribution in [0.15, 0.2) is 30.3 Å². The third-order valence-corrected chi connectivity index (χ3v) is 5.10. The lowest BCUT2D eigenvalue weighted by Crippen LogP contribution is -2.48. The molecule has 0 spiro atoms. The number of rotatable bonds is 8. The fraction of sp³-hybridized carbons (Fsp3) is 0.650. The van der Waals surface area contributed by atoms with Gasteiger partial charge in [0.25, 0.3) is 0 Å². The van der Waals surface area contributed by atoms with Gasteiger partial charge in [-0.1, -0.05) is 63.4 Å². The number of hydrogen-bond donors (Lipinski definition) is 2. The van der Waals surface area contributed by atoms with Crippen LogP contribution in [0.5, 0.6) is 0 Å². The van der Waals surface area contributed by atoms with Crippen molar-refractivity contribution in [2.75, 3.05) is 13.2 Å². The Bertz CT molecular complexity index is 504. The highest BCUT2D eigenvalue weighted by Gasteiger charge is 2.34. The summed E-state index contributed by atoms with van der Waals surface area (Å²) in [5.41, 5.74) is 7.08. The molecule has 0 bridgehead atoms. The molecule has 5 heteroatoms. The molecule has 0 heterocycles. The van der Waals surface area contributed by atoms with Crippen molar-refractivity contribution in [1.29, 1.82) is 0 Å². The smallest absolute Gasteiger partial charge is 0.224 e. The molecule has 1 aromatic rings. The number of ether oxygens (including phenoxy) is 1. The van der Waals surface area contributed by atoms with E-state index in [2.05, 4.69) is 12.2 Å². The van der Waals surface area contributed by atoms with E-state index in [9.17, 15) is 4.79 Å². The highest BCUT2D eigenvalue weighted by atomic mass is 35.5. The maximum Gasteiger partial charge on any atom is 0.224 e. The molecule has 142 valence electrons. The van der Waals surface area contributed by atoms with Crippen LogP contribution in [0.2, 0.25) is 0 Å². The van der Waals surface area contributed by atoms with Gasteiger partial charge < -0.3 is 15.8 Å². The van der Waals surface area contributed by atoms with Crippen LogP contribution in [-0.4, -0.2) is 24.7 Å². The first kappa shape index (κ1) is 21.9. The fourth-order valence-corrected chi connectivity index (χ4v) is 3.42. The zero-order valence-electron chi connectivity index (χ0n) is 15.5. The molecule has 4 nitrogen and oxygen atoms in total. The van der Waals surface area contributed by atoms with Crippen molar-refractivity contribution < 1.29 is 9.53 Å². The van der Waals surface area contributed by atoms with Gasteiger partial charge in [0.2, 0.25) is 5.91 Å². The minimum Gasteiger partial charge on any atom is -0.373 e. The Morgan fingerprint density at radius 1 is 1.24 bits per heavy atom. The zero-order valence-corrected chi connectivity index (χ0v) is 16.3. The topological polar surface area (TPSA) is 64.3 Å². The van der Waals surface area contributed by atoms with E-state index >= 15 is 0 Å². The van der Waals surface area contributed by atoms with Crippen LogP contribution in [0.3, 0.4) is 0 Å². The molecule has 0 radical (unpaired) electrons. The Balaban J connectivity index is 0.00000312. The summed E-state index contributed by atoms with van der Waals surface area (Å²) in [5.74, 6) is -0.254. The largest absolute Gasteiger partial charge is 0.373 e. The third kappa shape index (κ3) is 6.28. The SMILES string of the molecule is CCCOC1(CNC(=O)C(C)C(N)c2ccccc2)CCCCC1.Cl. The maximum atomic E-state index is 12.6. The molecule has 0 saturated heterocycles. The van der Waals surface area contributed by atoms with Crippen molar-refractivity contribution in [2.45, 2.75) is 64.0 Å². The van der Waals surface area contributed by atoms with E-state index in [4.69, 9.17) is 10.5 Å². The first-order valence-corrected chi connectivity index (χ1v) is 9.30. The molecule has 0 aliphatic heterocycles. The van der Waals surface area contributed by atoms with Gasteiger partial charge in [-0.3, -0.25) is 4.79 Å². The number of amides is 1. The second-order valence-electron chi connectivity index (χ2n) is 7.04. The van der Waals surface area contributed by atoms with Crippen molar-refractivity contribution >= 4 is 18.3 Å². The minimum atomic E-state index is -0.287. The van der Waals surface area contributed by atoms with Crippen molar-refractivity contribution in [1.82, 2.24) is 5.32 Å². The van der Waals surface area contributed by atoms with Gasteiger partial charge in [0.05, 0.1) is 11.5 Å². The molecule has 1 fully saturated rings. The normalized spacial score (nSPS) is 18.7. The summed E-state index contributed by atoms with van der Waals surface area (Å²) in [5, 5.41) is 3.11. The van der Waals surface area contributed by atoms with Crippen LogP contribution in [0.25, 0.3) is 0 Å². The quantitative estimate of drug-likeness (QED) is 0.729. The molecular weight excluding hydrogens is 336 g/mol. The molecule has 1 aromatic carbocycles. The van der Waals surface area contributed by atoms with Crippen LogP contribution in [0.1, 0.15) is 64.0 Å². The van der Waals surface area contributed by atoms with E-state index in [0.29, 0.717) is 6.54 Å². The lowest BCUT2D eigenvalue weighted by Gasteiger charge is -2.37. The Morgan fingerprint density at radius 3 is 2.48 bits per heavy atom. The summed E-state index contributed by atoms with van der Waals surface area (Å²) in [6.07, 6.45) is 6.70. The van der Waals surface area contributed by atoms with E-state index in [0.717, 1.165) is 31.4 Å². The average Bonchev–Trinajstić information content (AvgIpc) is 2.65. The van der Waals surface area contributed by atoms with Gasteiger partial charge in [-0.2, -0.15) is 0 Å². The van der Waals surface area contributed by atoms with Crippen molar-refractivity contribution in [3.8, 4) is 0 Å². The summed E-state index contributed by atoms with van der Waals surface area (Å²) in [4.78, 5) is 12.6. The van der Waals surface area contributed by atoms with Crippen LogP contribution in [-0.2, 0) is 9.53 Å². The standard InChI is InChI=1S/C20H32N2O2.ClH/c1-3-14-24-20(12-8-5-9-13-20)15-22-19(23)16(2)18(21)17-10-6-4-7-11-17;/h4,6-7,10-11,16,18H,3,5,8-9,12-15,21H2,1-2H3,(H,22,23);1H. The maximum absolute atomic E-state index is 12.6. The Morgan fingerprint density at radius 2 is 1.88 bits per heavy atom. The van der Waals surface area contributed by atoms with E-state index in [1.165, 1.54) is 19.3 Å². The molecular formula is C20H33ClN2O2. The van der Waals surface area contributed by atoms with Gasteiger partial charge in [-0.15, -0.1) is 12.4 Å². The summed E-state index contributed by atoms with van der Waals surface area (Å²) in [7, 11) is 0. The lowest BCUT2D eigenvalue weighted by molar-refractivity contribution is -0.128. The molecule has 3 N–H and O–H groups in total. The molecule has 1 amide bonds. The number of hydrogen-bond acceptors (Lipinski definition) is 3. The molecule has 1 saturated carbocycles. The number of halogens is 1. The third-order valence-electron chi connectivity index (χ3n) is 5.10. The van der Waals surface area contributed by atoms with E-state index in [1.807, 2.05) is 37.3 Å². The van der Waals surface area contributed by atoms with E-state index in [-0.39, 0.29) is 35.9 Å². The van der Waals surface area contributed by atoms with Crippen LogP contribution < -0.4 is 11.1 Å². The highest BCUT2D eigenvalue weighted by molar-refractivity contribution is 5.85. The number of nitrogens with two attached hydrogens (primary N) is 1. The minimum absolute atomic E-state index is 0. The average molecular weight is 369 g/mol. The molecule has 2 rings (SSSR count). The zero-order chi connectivity index (χ0) is 17.4. The molecule has 1 aliphatic carbocycles. The van der Waals surface area contributed by atoms with Crippen LogP contribution in [0.4, 0.5) is 0 Å². The highest BCUT2D eigenvalue weighted by Crippen LogP contribution is 2.31. The predicted molar refractivity (Wildman–Crippen MR) is 105 cm³/mol. The van der Waals surface area contributed by atoms with E-state index < -0.39 is 0 Å². The van der Waals surface area contributed by atoms with Crippen molar-refractivity contribution in [3.63, 3.8) is 0 Å². The Labute approximate surface area is 158 Å².